The fourth-order valence-electron chi connectivity index (χ4n) is 2.46. The summed E-state index contributed by atoms with van der Waals surface area (Å²) in [5.41, 5.74) is -1.54. The van der Waals surface area contributed by atoms with Crippen molar-refractivity contribution in [2.45, 2.75) is 43.9 Å². The van der Waals surface area contributed by atoms with Crippen LogP contribution in [0.2, 0.25) is 0 Å². The zero-order chi connectivity index (χ0) is 15.3. The molecule has 1 saturated heterocycles. The van der Waals surface area contributed by atoms with Crippen LogP contribution in [-0.2, 0) is 18.9 Å². The van der Waals surface area contributed by atoms with E-state index in [1.54, 1.807) is 0 Å². The fourth-order valence-corrected chi connectivity index (χ4v) is 4.78. The van der Waals surface area contributed by atoms with E-state index in [0.717, 1.165) is 0 Å². The average molecular weight is 308 g/mol. The Balaban J connectivity index is 2.80. The topological polar surface area (TPSA) is 121 Å². The molecule has 4 atom stereocenters. The maximum atomic E-state index is 12.5. The normalized spacial score (nSPS) is 25.4. The lowest BCUT2D eigenvalue weighted by molar-refractivity contribution is -0.143. The molecule has 0 aliphatic carbocycles. The summed E-state index contributed by atoms with van der Waals surface area (Å²) < 4.78 is 17.7. The average Bonchev–Trinajstić information content (AvgIpc) is 2.39. The highest BCUT2D eigenvalue weighted by Crippen LogP contribution is 2.56. The van der Waals surface area contributed by atoms with Crippen LogP contribution in [0.5, 0.6) is 0 Å². The van der Waals surface area contributed by atoms with Gasteiger partial charge >= 0.3 is 11.9 Å². The molecule has 0 bridgehead atoms. The van der Waals surface area contributed by atoms with Crippen molar-refractivity contribution in [3.63, 3.8) is 0 Å². The van der Waals surface area contributed by atoms with E-state index in [1.165, 1.54) is 6.92 Å². The molecular formula is C12H21O7P. The Morgan fingerprint density at radius 2 is 2.05 bits per heavy atom. The van der Waals surface area contributed by atoms with Crippen LogP contribution in [0.15, 0.2) is 0 Å². The molecule has 1 heterocycles. The Bertz CT molecular complexity index is 403. The minimum absolute atomic E-state index is 0.149. The van der Waals surface area contributed by atoms with Crippen molar-refractivity contribution in [1.82, 2.24) is 0 Å². The molecule has 0 saturated carbocycles. The second-order valence-electron chi connectivity index (χ2n) is 5.16. The maximum absolute atomic E-state index is 12.5. The van der Waals surface area contributed by atoms with E-state index < -0.39 is 36.5 Å². The summed E-state index contributed by atoms with van der Waals surface area (Å²) in [5.74, 6) is -3.48. The summed E-state index contributed by atoms with van der Waals surface area (Å²) in [5, 5.41) is 17.8. The molecule has 20 heavy (non-hydrogen) atoms. The number of carbonyl (C=O) groups is 2. The van der Waals surface area contributed by atoms with Crippen molar-refractivity contribution in [2.75, 3.05) is 13.2 Å². The van der Waals surface area contributed by atoms with E-state index in [9.17, 15) is 19.0 Å². The molecule has 7 nitrogen and oxygen atoms in total. The number of aliphatic carboxylic acids is 2. The number of ether oxygens (including phenoxy) is 1. The molecule has 1 rings (SSSR count). The second kappa shape index (κ2) is 7.20. The number of carboxylic acid groups (broad SMARTS) is 2. The monoisotopic (exact) mass is 308 g/mol. The summed E-state index contributed by atoms with van der Waals surface area (Å²) in [6.45, 7) is 2.12. The molecule has 1 aliphatic rings. The van der Waals surface area contributed by atoms with Crippen molar-refractivity contribution in [3.05, 3.63) is 0 Å². The third kappa shape index (κ3) is 4.30. The van der Waals surface area contributed by atoms with Crippen molar-refractivity contribution < 1.29 is 34.0 Å². The first-order valence-corrected chi connectivity index (χ1v) is 8.41. The Kier molecular flexibility index (Phi) is 6.17. The predicted molar refractivity (Wildman–Crippen MR) is 71.1 cm³/mol. The molecule has 1 fully saturated rings. The molecule has 8 heteroatoms. The Morgan fingerprint density at radius 1 is 1.40 bits per heavy atom. The third-order valence-corrected chi connectivity index (χ3v) is 6.79. The van der Waals surface area contributed by atoms with E-state index in [2.05, 4.69) is 0 Å². The van der Waals surface area contributed by atoms with Gasteiger partial charge in [0, 0.05) is 18.7 Å². The maximum Gasteiger partial charge on any atom is 0.307 e. The summed E-state index contributed by atoms with van der Waals surface area (Å²) >= 11 is 0. The lowest BCUT2D eigenvalue weighted by Gasteiger charge is -2.32. The van der Waals surface area contributed by atoms with Gasteiger partial charge in [0.25, 0.3) is 0 Å². The van der Waals surface area contributed by atoms with Crippen molar-refractivity contribution in [2.24, 2.45) is 5.92 Å². The van der Waals surface area contributed by atoms with E-state index >= 15 is 0 Å². The second-order valence-corrected chi connectivity index (χ2v) is 8.05. The highest BCUT2D eigenvalue weighted by atomic mass is 31.2. The highest BCUT2D eigenvalue weighted by Gasteiger charge is 2.43. The summed E-state index contributed by atoms with van der Waals surface area (Å²) in [6.07, 6.45) is 0.727. The molecule has 3 N–H and O–H groups in total. The number of hydrogen-bond donors (Lipinski definition) is 3. The molecule has 0 aromatic rings. The lowest BCUT2D eigenvalue weighted by atomic mass is 10.0. The zero-order valence-electron chi connectivity index (χ0n) is 11.4. The summed E-state index contributed by atoms with van der Waals surface area (Å²) in [4.78, 5) is 32.0. The molecule has 0 amide bonds. The molecule has 0 aromatic carbocycles. The number of carboxylic acids is 2. The summed E-state index contributed by atoms with van der Waals surface area (Å²) in [7, 11) is -3.73. The van der Waals surface area contributed by atoms with Crippen LogP contribution in [0.4, 0.5) is 0 Å². The van der Waals surface area contributed by atoms with Gasteiger partial charge in [0.15, 0.2) is 0 Å². The predicted octanol–water partition coefficient (Wildman–Crippen LogP) is 1.39. The molecule has 116 valence electrons. The first-order chi connectivity index (χ1) is 9.26. The van der Waals surface area contributed by atoms with Crippen molar-refractivity contribution >= 4 is 19.3 Å². The van der Waals surface area contributed by atoms with E-state index in [-0.39, 0.29) is 19.4 Å². The SMILES string of the molecule is CC(C(CCC(=O)O)C(=O)O)P(=O)(O)C1CCCOC1. The van der Waals surface area contributed by atoms with Gasteiger partial charge in [0.1, 0.15) is 0 Å². The first kappa shape index (κ1) is 17.1. The molecule has 0 spiro atoms. The minimum atomic E-state index is -3.73. The largest absolute Gasteiger partial charge is 0.481 e. The van der Waals surface area contributed by atoms with Crippen LogP contribution in [0, 0.1) is 5.92 Å². The number of hydrogen-bond acceptors (Lipinski definition) is 4. The first-order valence-electron chi connectivity index (χ1n) is 6.61. The third-order valence-electron chi connectivity index (χ3n) is 3.81. The standard InChI is InChI=1S/C12H21O7P/c1-8(10(12(15)16)4-5-11(13)14)20(17,18)9-3-2-6-19-7-9/h8-10H,2-7H2,1H3,(H,13,14)(H,15,16)(H,17,18). The molecule has 4 unspecified atom stereocenters. The Labute approximate surface area is 117 Å². The van der Waals surface area contributed by atoms with Crippen LogP contribution in [-0.4, -0.2) is 51.6 Å². The van der Waals surface area contributed by atoms with Gasteiger partial charge in [-0.05, 0) is 19.3 Å². The quantitative estimate of drug-likeness (QED) is 0.607. The van der Waals surface area contributed by atoms with E-state index in [0.29, 0.717) is 19.4 Å². The molecule has 1 aliphatic heterocycles. The molecular weight excluding hydrogens is 287 g/mol. The minimum Gasteiger partial charge on any atom is -0.481 e. The van der Waals surface area contributed by atoms with Gasteiger partial charge in [-0.2, -0.15) is 0 Å². The van der Waals surface area contributed by atoms with Gasteiger partial charge in [-0.1, -0.05) is 6.92 Å². The molecule has 0 aromatic heterocycles. The van der Waals surface area contributed by atoms with Crippen LogP contribution in [0.25, 0.3) is 0 Å². The van der Waals surface area contributed by atoms with Gasteiger partial charge in [0.2, 0.25) is 7.37 Å². The smallest absolute Gasteiger partial charge is 0.307 e. The van der Waals surface area contributed by atoms with Crippen LogP contribution in [0.3, 0.4) is 0 Å². The van der Waals surface area contributed by atoms with Gasteiger partial charge < -0.3 is 19.8 Å². The van der Waals surface area contributed by atoms with E-state index in [1.807, 2.05) is 0 Å². The fraction of sp³-hybridized carbons (Fsp3) is 0.833. The van der Waals surface area contributed by atoms with Gasteiger partial charge in [0.05, 0.1) is 18.2 Å². The van der Waals surface area contributed by atoms with Crippen LogP contribution < -0.4 is 0 Å². The zero-order valence-corrected chi connectivity index (χ0v) is 12.3. The van der Waals surface area contributed by atoms with Gasteiger partial charge in [-0.15, -0.1) is 0 Å². The Hall–Kier alpha value is -0.910. The Morgan fingerprint density at radius 3 is 2.50 bits per heavy atom. The van der Waals surface area contributed by atoms with Crippen molar-refractivity contribution in [3.8, 4) is 0 Å². The molecule has 0 radical (unpaired) electrons. The van der Waals surface area contributed by atoms with Gasteiger partial charge in [-0.25, -0.2) is 0 Å². The van der Waals surface area contributed by atoms with E-state index in [4.69, 9.17) is 14.9 Å². The summed E-state index contributed by atoms with van der Waals surface area (Å²) in [6, 6.07) is 0. The lowest BCUT2D eigenvalue weighted by Crippen LogP contribution is -2.33. The highest BCUT2D eigenvalue weighted by molar-refractivity contribution is 7.59. The van der Waals surface area contributed by atoms with Crippen LogP contribution >= 0.6 is 7.37 Å². The van der Waals surface area contributed by atoms with Crippen molar-refractivity contribution in [1.29, 1.82) is 0 Å². The van der Waals surface area contributed by atoms with Crippen LogP contribution in [0.1, 0.15) is 32.6 Å². The number of rotatable bonds is 7. The van der Waals surface area contributed by atoms with Gasteiger partial charge in [-0.3, -0.25) is 14.2 Å².